The van der Waals surface area contributed by atoms with Gasteiger partial charge in [-0.25, -0.2) is 34.0 Å². The molecule has 38 nitrogen and oxygen atoms in total. The molecule has 38 heteroatoms. The highest BCUT2D eigenvalue weighted by molar-refractivity contribution is 6.36. The van der Waals surface area contributed by atoms with E-state index in [-0.39, 0.29) is 13.1 Å². The fourth-order valence-electron chi connectivity index (χ4n) is 21.6. The lowest BCUT2D eigenvalue weighted by Crippen LogP contribution is -2.74. The number of nitrogen functional groups attached to an aromatic ring is 3. The molecule has 6 heterocycles. The normalized spacial score (nSPS) is 28.4. The van der Waals surface area contributed by atoms with Gasteiger partial charge in [0.25, 0.3) is 0 Å². The minimum absolute atomic E-state index is 0. The third-order valence-corrected chi connectivity index (χ3v) is 27.3. The Hall–Kier alpha value is -15.5. The van der Waals surface area contributed by atoms with E-state index in [0.717, 1.165) is 30.7 Å². The molecule has 7 aromatic rings. The number of carbonyl (C=O) groups is 19. The molecule has 6 aliphatic heterocycles. The van der Waals surface area contributed by atoms with Crippen LogP contribution in [-0.2, 0) is 100 Å². The number of hydrogen-bond acceptors (Lipinski definition) is 27. The summed E-state index contributed by atoms with van der Waals surface area (Å²) in [6.07, 6.45) is -1.76. The maximum Gasteiger partial charge on any atom is 0.412 e. The Bertz CT molecular complexity index is 6100. The first kappa shape index (κ1) is 101. The van der Waals surface area contributed by atoms with Crippen molar-refractivity contribution in [2.45, 2.75) is 156 Å². The standard InChI is InChI=1S/C28H33N3O8.C28H29N3O6.C22H20N4O4.C11H16N2O2.C10H8O6.CH4/c1-15-7-9-16(10-8-15)29-21(32)19-27(5,23(34)35)20(28(19,6)24(36)37)22(33)30-17-11-13-18(14-12-17)31-25(38)39-26(2,3)4;1-15-7-11-17(12-8-15)30-21(32)19-27(5,23(30)34)20-22(33)31(24(35)28(19,20)6)18-13-9-16(10-14-18)29-25(36)37-26(2,3)4;1-21-15(17(27)25(19(21)29)13-7-3-11(23)4-8-13)22(2)16(21)18(28)26(20(22)30)14-9-5-12(24)6-10-14;1-11(2,3)15-10(14)13-9-6-4-8(12)5-7-9;1-9-3(5(11)15-7(9)13)10(2)4(9)6(12)16-8(10)14;/h7-14,19-20H,1-6H3,(H,29,32)(H,30,33)(H,31,38)(H,34,35)(H,36,37);7-14,19-20H,1-6H3,(H,29,36);3-10,15-16H,23-24H2,1-2H3;4-7H,12H2,1-3H3,(H,13,14);3-4H,1-2H3;1H4. The third-order valence-electron chi connectivity index (χ3n) is 27.3. The van der Waals surface area contributed by atoms with Crippen LogP contribution < -0.4 is 63.4 Å². The highest BCUT2D eigenvalue weighted by Gasteiger charge is 2.89. The number of benzene rings is 7. The molecule has 13 N–H and O–H groups in total. The average Bonchev–Trinajstić information content (AvgIpc) is 1.46. The molecule has 0 bridgehead atoms. The molecule has 726 valence electrons. The van der Waals surface area contributed by atoms with Gasteiger partial charge in [-0.2, -0.15) is 0 Å². The quantitative estimate of drug-likeness (QED) is 0.0168. The van der Waals surface area contributed by atoms with E-state index in [1.807, 2.05) is 34.6 Å². The van der Waals surface area contributed by atoms with Crippen LogP contribution in [0, 0.1) is 105 Å². The second-order valence-corrected chi connectivity index (χ2v) is 40.2. The summed E-state index contributed by atoms with van der Waals surface area (Å²) in [7, 11) is 0. The smallest absolute Gasteiger partial charge is 0.412 e. The highest BCUT2D eigenvalue weighted by Crippen LogP contribution is 2.75. The number of fused-ring (bicyclic) bond motifs is 12. The van der Waals surface area contributed by atoms with Crippen molar-refractivity contribution in [2.75, 3.05) is 63.4 Å². The van der Waals surface area contributed by atoms with Crippen LogP contribution >= 0.6 is 0 Å². The van der Waals surface area contributed by atoms with E-state index in [1.165, 1.54) is 64.1 Å². The fourth-order valence-corrected chi connectivity index (χ4v) is 21.6. The lowest BCUT2D eigenvalue weighted by molar-refractivity contribution is -0.216. The maximum atomic E-state index is 13.7. The van der Waals surface area contributed by atoms with Crippen molar-refractivity contribution in [3.8, 4) is 0 Å². The van der Waals surface area contributed by atoms with E-state index < -0.39 is 221 Å². The predicted molar refractivity (Wildman–Crippen MR) is 502 cm³/mol. The number of cyclic esters (lactones) is 4. The summed E-state index contributed by atoms with van der Waals surface area (Å²) < 4.78 is 24.5. The third kappa shape index (κ3) is 16.6. The van der Waals surface area contributed by atoms with E-state index >= 15 is 0 Å². The van der Waals surface area contributed by atoms with Crippen molar-refractivity contribution in [3.05, 3.63) is 181 Å². The molecule has 13 amide bonds. The largest absolute Gasteiger partial charge is 0.481 e. The van der Waals surface area contributed by atoms with Crippen molar-refractivity contribution in [1.29, 1.82) is 0 Å². The second kappa shape index (κ2) is 35.3. The van der Waals surface area contributed by atoms with E-state index in [9.17, 15) is 101 Å². The van der Waals surface area contributed by atoms with Crippen LogP contribution in [0.15, 0.2) is 170 Å². The first-order valence-electron chi connectivity index (χ1n) is 43.6. The van der Waals surface area contributed by atoms with Gasteiger partial charge in [0.15, 0.2) is 0 Å². The number of nitrogens with zero attached hydrogens (tertiary/aromatic N) is 4. The van der Waals surface area contributed by atoms with Gasteiger partial charge in [0.05, 0.1) is 113 Å². The Morgan fingerprint density at radius 2 is 0.507 bits per heavy atom. The van der Waals surface area contributed by atoms with E-state index in [1.54, 1.807) is 203 Å². The number of nitrogens with one attached hydrogen (secondary N) is 5. The summed E-state index contributed by atoms with van der Waals surface area (Å²) in [4.78, 5) is 245. The Morgan fingerprint density at radius 1 is 0.312 bits per heavy atom. The Morgan fingerprint density at radius 3 is 0.746 bits per heavy atom. The first-order chi connectivity index (χ1) is 63.5. The summed E-state index contributed by atoms with van der Waals surface area (Å²) in [5, 5.41) is 33.1. The minimum Gasteiger partial charge on any atom is -0.481 e. The molecule has 4 aliphatic carbocycles. The Labute approximate surface area is 793 Å². The first-order valence-corrected chi connectivity index (χ1v) is 43.6. The summed E-state index contributed by atoms with van der Waals surface area (Å²) >= 11 is 0. The molecule has 4 saturated carbocycles. The van der Waals surface area contributed by atoms with Crippen molar-refractivity contribution < 1.29 is 125 Å². The Balaban J connectivity index is 0.000000161. The lowest BCUT2D eigenvalue weighted by Gasteiger charge is -2.59. The van der Waals surface area contributed by atoms with Crippen LogP contribution in [0.1, 0.15) is 136 Å². The zero-order valence-electron chi connectivity index (χ0n) is 78.5. The molecular formula is C100H110N12O26. The molecule has 6 unspecified atom stereocenters. The molecule has 0 aromatic heterocycles. The van der Waals surface area contributed by atoms with Crippen LogP contribution in [0.4, 0.5) is 82.6 Å². The monoisotopic (exact) mass is 1890 g/mol. The molecule has 10 aliphatic rings. The summed E-state index contributed by atoms with van der Waals surface area (Å²) in [5.74, 6) is -20.0. The van der Waals surface area contributed by atoms with Crippen LogP contribution in [0.2, 0.25) is 0 Å². The maximum absolute atomic E-state index is 13.7. The number of nitrogens with two attached hydrogens (primary N) is 3. The summed E-state index contributed by atoms with van der Waals surface area (Å²) in [6, 6.07) is 45.4. The van der Waals surface area contributed by atoms with Crippen LogP contribution in [0.5, 0.6) is 0 Å². The van der Waals surface area contributed by atoms with Gasteiger partial charge in [0, 0.05) is 45.5 Å². The second-order valence-electron chi connectivity index (χ2n) is 40.2. The van der Waals surface area contributed by atoms with Gasteiger partial charge in [0.1, 0.15) is 16.8 Å². The number of aliphatic carboxylic acids is 2. The molecule has 10 fully saturated rings. The number of anilines is 12. The zero-order valence-corrected chi connectivity index (χ0v) is 78.5. The van der Waals surface area contributed by atoms with Crippen molar-refractivity contribution in [2.24, 2.45) is 90.7 Å². The molecule has 0 spiro atoms. The minimum atomic E-state index is -2.01. The van der Waals surface area contributed by atoms with Crippen LogP contribution in [-0.4, -0.2) is 140 Å². The van der Waals surface area contributed by atoms with Crippen molar-refractivity contribution in [3.63, 3.8) is 0 Å². The topological polar surface area (TPSA) is 562 Å². The molecular weight excluding hydrogens is 1790 g/mol. The molecule has 6 atom stereocenters. The number of carboxylic acids is 2. The van der Waals surface area contributed by atoms with Gasteiger partial charge >= 0.3 is 54.1 Å². The number of rotatable bonds is 13. The van der Waals surface area contributed by atoms with Gasteiger partial charge < -0.3 is 61.7 Å². The van der Waals surface area contributed by atoms with Gasteiger partial charge in [-0.05, 0) is 277 Å². The molecule has 138 heavy (non-hydrogen) atoms. The SMILES string of the molecule is C.CC(C)(C)OC(=O)Nc1ccc(N)cc1.CC12C(=O)N(c3ccc(N)cc3)C(=O)C1C1(C)C(=O)N(c3ccc(N)cc3)C(=O)C21.CC12C(=O)OC(=O)C1C1(C)C(=O)OC(=O)C21.Cc1ccc(N2C(=O)C3C(C)(C2=O)C2C(=O)N(c4ccc(NC(=O)OC(C)(C)C)cc4)C(=O)C32C)cc1.Cc1ccc(NC(=O)C2C(C)(C(=O)O)C(C(=O)Nc3ccc(NC(=O)OC(C)(C)C)cc3)C2(C)C(=O)O)cc1. The predicted octanol–water partition coefficient (Wildman–Crippen LogP) is 12.6. The molecule has 0 radical (unpaired) electrons. The summed E-state index contributed by atoms with van der Waals surface area (Å²) in [5.41, 5.74) is 10.6. The lowest BCUT2D eigenvalue weighted by atomic mass is 9.39. The summed E-state index contributed by atoms with van der Waals surface area (Å²) in [6.45, 7) is 31.4. The van der Waals surface area contributed by atoms with Crippen LogP contribution in [0.3, 0.4) is 0 Å². The van der Waals surface area contributed by atoms with Crippen LogP contribution in [0.25, 0.3) is 0 Å². The van der Waals surface area contributed by atoms with Gasteiger partial charge in [-0.1, -0.05) is 42.8 Å². The van der Waals surface area contributed by atoms with Gasteiger partial charge in [-0.3, -0.25) is 92.7 Å². The number of imide groups is 4. The number of esters is 4. The van der Waals surface area contributed by atoms with Gasteiger partial charge in [-0.15, -0.1) is 0 Å². The number of carboxylic acid groups (broad SMARTS) is 2. The number of carbonyl (C=O) groups excluding carboxylic acids is 17. The van der Waals surface area contributed by atoms with E-state index in [0.29, 0.717) is 62.6 Å². The van der Waals surface area contributed by atoms with Crippen molar-refractivity contribution >= 4 is 181 Å². The van der Waals surface area contributed by atoms with E-state index in [4.69, 9.17) is 31.4 Å². The number of amides is 13. The number of ether oxygens (including phenoxy) is 5. The highest BCUT2D eigenvalue weighted by atomic mass is 16.6. The number of aryl methyl sites for hydroxylation is 2. The average molecular weight is 1900 g/mol. The zero-order chi connectivity index (χ0) is 101. The van der Waals surface area contributed by atoms with Gasteiger partial charge in [0.2, 0.25) is 59.1 Å². The molecule has 6 saturated heterocycles. The fraction of sp³-hybridized carbons (Fsp3) is 0.390. The molecule has 7 aromatic carbocycles. The Kier molecular flexibility index (Phi) is 25.9. The molecule has 17 rings (SSSR count). The van der Waals surface area contributed by atoms with E-state index in [2.05, 4.69) is 36.1 Å². The van der Waals surface area contributed by atoms with Crippen molar-refractivity contribution in [1.82, 2.24) is 0 Å². The number of hydrogen-bond donors (Lipinski definition) is 10.